The maximum atomic E-state index is 11.6. The lowest BCUT2D eigenvalue weighted by Gasteiger charge is -2.14. The Labute approximate surface area is 175 Å². The Morgan fingerprint density at radius 2 is 0.964 bits per heavy atom. The van der Waals surface area contributed by atoms with Crippen molar-refractivity contribution in [3.63, 3.8) is 0 Å². The summed E-state index contributed by atoms with van der Waals surface area (Å²) in [4.78, 5) is 0. The molecule has 0 aliphatic carbocycles. The Kier molecular flexibility index (Phi) is 18.8. The molecule has 2 unspecified atom stereocenters. The second-order valence-corrected chi connectivity index (χ2v) is 10.2. The molecular weight excluding hydrogens is 372 g/mol. The van der Waals surface area contributed by atoms with Gasteiger partial charge in [0.1, 0.15) is 0 Å². The molecule has 0 bridgehead atoms. The standard InChI is InChI=1S/C23H48O4S/c1-3-5-6-7-8-9-10-11-12-13-16-20-23(28(25,26)27)21-17-14-15-19-22(24)18-4-2/h22-24H,3-21H2,1-2H3,(H,25,26,27). The maximum Gasteiger partial charge on any atom is 0.267 e. The summed E-state index contributed by atoms with van der Waals surface area (Å²) in [5.74, 6) is 0. The zero-order valence-corrected chi connectivity index (χ0v) is 19.5. The van der Waals surface area contributed by atoms with E-state index >= 15 is 0 Å². The Morgan fingerprint density at radius 1 is 0.571 bits per heavy atom. The Balaban J connectivity index is 3.71. The molecule has 0 aliphatic rings. The molecule has 0 aromatic heterocycles. The third-order valence-corrected chi connectivity index (χ3v) is 7.05. The number of unbranched alkanes of at least 4 members (excludes halogenated alkanes) is 12. The number of rotatable bonds is 21. The van der Waals surface area contributed by atoms with E-state index in [1.54, 1.807) is 0 Å². The molecule has 0 saturated heterocycles. The largest absolute Gasteiger partial charge is 0.393 e. The van der Waals surface area contributed by atoms with Gasteiger partial charge in [-0.2, -0.15) is 8.42 Å². The van der Waals surface area contributed by atoms with Crippen LogP contribution in [0.2, 0.25) is 0 Å². The average Bonchev–Trinajstić information content (AvgIpc) is 2.63. The number of hydrogen-bond acceptors (Lipinski definition) is 3. The first-order valence-electron chi connectivity index (χ1n) is 12.1. The minimum Gasteiger partial charge on any atom is -0.393 e. The molecule has 0 aromatic carbocycles. The number of hydrogen-bond donors (Lipinski definition) is 2. The van der Waals surface area contributed by atoms with Gasteiger partial charge in [-0.1, -0.05) is 110 Å². The van der Waals surface area contributed by atoms with Gasteiger partial charge in [0.25, 0.3) is 10.1 Å². The van der Waals surface area contributed by atoms with Crippen molar-refractivity contribution in [1.82, 2.24) is 0 Å². The third kappa shape index (κ3) is 17.9. The molecule has 4 nitrogen and oxygen atoms in total. The van der Waals surface area contributed by atoms with Crippen molar-refractivity contribution in [3.05, 3.63) is 0 Å². The first-order chi connectivity index (χ1) is 13.4. The van der Waals surface area contributed by atoms with Crippen molar-refractivity contribution < 1.29 is 18.1 Å². The van der Waals surface area contributed by atoms with E-state index in [0.717, 1.165) is 51.4 Å². The molecule has 0 spiro atoms. The van der Waals surface area contributed by atoms with Crippen LogP contribution in [0.1, 0.15) is 136 Å². The highest BCUT2D eigenvalue weighted by molar-refractivity contribution is 7.86. The molecule has 0 saturated carbocycles. The van der Waals surface area contributed by atoms with Gasteiger partial charge < -0.3 is 5.11 Å². The smallest absolute Gasteiger partial charge is 0.267 e. The van der Waals surface area contributed by atoms with Crippen LogP contribution < -0.4 is 0 Å². The zero-order chi connectivity index (χ0) is 21.1. The van der Waals surface area contributed by atoms with E-state index in [1.165, 1.54) is 57.8 Å². The van der Waals surface area contributed by atoms with E-state index in [0.29, 0.717) is 12.8 Å². The van der Waals surface area contributed by atoms with Crippen molar-refractivity contribution in [2.45, 2.75) is 147 Å². The second-order valence-electron chi connectivity index (χ2n) is 8.54. The summed E-state index contributed by atoms with van der Waals surface area (Å²) in [6.45, 7) is 4.31. The normalized spacial score (nSPS) is 14.3. The summed E-state index contributed by atoms with van der Waals surface area (Å²) < 4.78 is 32.7. The minimum atomic E-state index is -3.94. The van der Waals surface area contributed by atoms with Crippen molar-refractivity contribution in [3.8, 4) is 0 Å². The van der Waals surface area contributed by atoms with Crippen molar-refractivity contribution >= 4 is 10.1 Å². The van der Waals surface area contributed by atoms with Gasteiger partial charge in [0.05, 0.1) is 11.4 Å². The van der Waals surface area contributed by atoms with E-state index < -0.39 is 15.4 Å². The van der Waals surface area contributed by atoms with Gasteiger partial charge in [-0.25, -0.2) is 0 Å². The van der Waals surface area contributed by atoms with Crippen LogP contribution in [0.15, 0.2) is 0 Å². The monoisotopic (exact) mass is 420 g/mol. The molecule has 0 fully saturated rings. The van der Waals surface area contributed by atoms with E-state index in [9.17, 15) is 18.1 Å². The molecule has 0 rings (SSSR count). The van der Waals surface area contributed by atoms with Crippen LogP contribution in [0.5, 0.6) is 0 Å². The summed E-state index contributed by atoms with van der Waals surface area (Å²) in [6, 6.07) is 0. The van der Waals surface area contributed by atoms with E-state index in [-0.39, 0.29) is 6.10 Å². The van der Waals surface area contributed by atoms with E-state index in [1.807, 2.05) is 0 Å². The summed E-state index contributed by atoms with van der Waals surface area (Å²) in [5.41, 5.74) is 0. The highest BCUT2D eigenvalue weighted by Gasteiger charge is 2.21. The Hall–Kier alpha value is -0.130. The number of aliphatic hydroxyl groups excluding tert-OH is 1. The Morgan fingerprint density at radius 3 is 1.39 bits per heavy atom. The van der Waals surface area contributed by atoms with Crippen LogP contribution in [-0.2, 0) is 10.1 Å². The van der Waals surface area contributed by atoms with E-state index in [2.05, 4.69) is 13.8 Å². The predicted molar refractivity (Wildman–Crippen MR) is 120 cm³/mol. The van der Waals surface area contributed by atoms with Crippen LogP contribution in [-0.4, -0.2) is 29.4 Å². The molecule has 2 N–H and O–H groups in total. The molecular formula is C23H48O4S. The maximum absolute atomic E-state index is 11.6. The summed E-state index contributed by atoms with van der Waals surface area (Å²) in [7, 11) is -3.94. The first-order valence-corrected chi connectivity index (χ1v) is 13.6. The van der Waals surface area contributed by atoms with Gasteiger partial charge in [-0.15, -0.1) is 0 Å². The Bertz CT molecular complexity index is 422. The topological polar surface area (TPSA) is 74.6 Å². The molecule has 0 amide bonds. The van der Waals surface area contributed by atoms with Gasteiger partial charge in [0.15, 0.2) is 0 Å². The summed E-state index contributed by atoms with van der Waals surface area (Å²) >= 11 is 0. The quantitative estimate of drug-likeness (QED) is 0.154. The highest BCUT2D eigenvalue weighted by Crippen LogP contribution is 2.19. The highest BCUT2D eigenvalue weighted by atomic mass is 32.2. The van der Waals surface area contributed by atoms with Crippen LogP contribution in [0.25, 0.3) is 0 Å². The van der Waals surface area contributed by atoms with Gasteiger partial charge in [-0.05, 0) is 25.7 Å². The third-order valence-electron chi connectivity index (χ3n) is 5.74. The lowest BCUT2D eigenvalue weighted by Crippen LogP contribution is -2.20. The molecule has 0 heterocycles. The molecule has 0 aliphatic heterocycles. The van der Waals surface area contributed by atoms with Crippen LogP contribution in [0, 0.1) is 0 Å². The minimum absolute atomic E-state index is 0.223. The van der Waals surface area contributed by atoms with Crippen LogP contribution in [0.4, 0.5) is 0 Å². The van der Waals surface area contributed by atoms with Gasteiger partial charge in [0.2, 0.25) is 0 Å². The molecule has 2 atom stereocenters. The SMILES string of the molecule is CCCCCCCCCCCCCC(CCCCCC(O)CCC)S(=O)(=O)O. The fourth-order valence-electron chi connectivity index (χ4n) is 3.88. The lowest BCUT2D eigenvalue weighted by atomic mass is 10.0. The fourth-order valence-corrected chi connectivity index (χ4v) is 4.81. The zero-order valence-electron chi connectivity index (χ0n) is 18.7. The van der Waals surface area contributed by atoms with Crippen molar-refractivity contribution in [1.29, 1.82) is 0 Å². The average molecular weight is 421 g/mol. The van der Waals surface area contributed by atoms with Crippen LogP contribution in [0.3, 0.4) is 0 Å². The first kappa shape index (κ1) is 27.9. The second kappa shape index (κ2) is 18.9. The molecule has 5 heteroatoms. The summed E-state index contributed by atoms with van der Waals surface area (Å²) in [5, 5.41) is 9.12. The fraction of sp³-hybridized carbons (Fsp3) is 1.00. The molecule has 170 valence electrons. The van der Waals surface area contributed by atoms with E-state index in [4.69, 9.17) is 0 Å². The predicted octanol–water partition coefficient (Wildman–Crippen LogP) is 7.06. The number of aliphatic hydroxyl groups is 1. The lowest BCUT2D eigenvalue weighted by molar-refractivity contribution is 0.150. The van der Waals surface area contributed by atoms with Gasteiger partial charge in [0, 0.05) is 0 Å². The summed E-state index contributed by atoms with van der Waals surface area (Å²) in [6.07, 6.45) is 19.9. The molecule has 0 radical (unpaired) electrons. The van der Waals surface area contributed by atoms with Crippen LogP contribution >= 0.6 is 0 Å². The molecule has 0 aromatic rings. The molecule has 28 heavy (non-hydrogen) atoms. The van der Waals surface area contributed by atoms with Crippen molar-refractivity contribution in [2.75, 3.05) is 0 Å². The van der Waals surface area contributed by atoms with Gasteiger partial charge in [-0.3, -0.25) is 4.55 Å². The van der Waals surface area contributed by atoms with Gasteiger partial charge >= 0.3 is 0 Å². The van der Waals surface area contributed by atoms with Crippen molar-refractivity contribution in [2.24, 2.45) is 0 Å².